The smallest absolute Gasteiger partial charge is 1.00 e. The maximum Gasteiger partial charge on any atom is -1.00 e. The molecule has 0 nitrogen and oxygen atoms in total. The zero-order valence-corrected chi connectivity index (χ0v) is 13.1. The van der Waals surface area contributed by atoms with Gasteiger partial charge in [-0.05, 0) is 0 Å². The first-order valence-corrected chi connectivity index (χ1v) is 6.18. The summed E-state index contributed by atoms with van der Waals surface area (Å²) in [6, 6.07) is 0. The molecule has 15 heavy (non-hydrogen) atoms. The zero-order chi connectivity index (χ0) is 9.03. The van der Waals surface area contributed by atoms with E-state index in [1.54, 1.807) is 4.28 Å². The van der Waals surface area contributed by atoms with Gasteiger partial charge < -0.3 is 37.2 Å². The van der Waals surface area contributed by atoms with Crippen molar-refractivity contribution in [3.63, 3.8) is 0 Å². The standard InChI is InChI=1S/C6H13.C5H5.3ClH.V/c1-4-6(3)5-2;1-2-4-5-3-1;;;;/h4-5H2,1-3H3;1-3H,4H2;3*1H;/q;;;;;+3/p-3. The van der Waals surface area contributed by atoms with Crippen molar-refractivity contribution in [2.75, 3.05) is 0 Å². The molecule has 88 valence electrons. The fourth-order valence-corrected chi connectivity index (χ4v) is 3.41. The van der Waals surface area contributed by atoms with Crippen LogP contribution in [0, 0.1) is 0 Å². The number of halogens is 3. The van der Waals surface area contributed by atoms with Crippen molar-refractivity contribution in [3.05, 3.63) is 22.5 Å². The van der Waals surface area contributed by atoms with Crippen molar-refractivity contribution in [1.29, 1.82) is 0 Å². The summed E-state index contributed by atoms with van der Waals surface area (Å²) in [6.07, 6.45) is 10.7. The van der Waals surface area contributed by atoms with Crippen LogP contribution in [0.4, 0.5) is 0 Å². The number of rotatable bonds is 4. The van der Waals surface area contributed by atoms with Crippen LogP contribution >= 0.6 is 0 Å². The van der Waals surface area contributed by atoms with E-state index in [0.29, 0.717) is 20.4 Å². The second kappa shape index (κ2) is 10.1. The molecular weight excluding hydrogens is 289 g/mol. The molecule has 0 unspecified atom stereocenters. The number of hydrogen-bond donors (Lipinski definition) is 0. The normalized spacial score (nSPS) is 12.9. The summed E-state index contributed by atoms with van der Waals surface area (Å²) < 4.78 is 2.34. The van der Waals surface area contributed by atoms with Crippen molar-refractivity contribution in [1.82, 2.24) is 0 Å². The molecule has 0 saturated carbocycles. The number of allylic oxidation sites excluding steroid dienone is 4. The number of hydrogen-bond acceptors (Lipinski definition) is 0. The predicted molar refractivity (Wildman–Crippen MR) is 50.8 cm³/mol. The SMILES string of the molecule is CC[C](C)(CC)[V+3][C]1=CC=CC1.[Cl-].[Cl-].[Cl-]. The largest absolute Gasteiger partial charge is 1.00 e. The Balaban J connectivity index is -0.000000480. The molecule has 0 radical (unpaired) electrons. The molecule has 0 aromatic rings. The van der Waals surface area contributed by atoms with Crippen LogP contribution < -0.4 is 37.2 Å². The van der Waals surface area contributed by atoms with Gasteiger partial charge in [0.2, 0.25) is 0 Å². The van der Waals surface area contributed by atoms with Gasteiger partial charge in [-0.15, -0.1) is 0 Å². The van der Waals surface area contributed by atoms with Crippen LogP contribution in [-0.2, 0) is 16.3 Å². The van der Waals surface area contributed by atoms with Gasteiger partial charge in [0.15, 0.2) is 0 Å². The summed E-state index contributed by atoms with van der Waals surface area (Å²) in [6.45, 7) is 7.08. The fourth-order valence-electron chi connectivity index (χ4n) is 1.27. The van der Waals surface area contributed by atoms with E-state index < -0.39 is 0 Å². The molecule has 1 rings (SSSR count). The average Bonchev–Trinajstić information content (AvgIpc) is 2.57. The van der Waals surface area contributed by atoms with Crippen LogP contribution in [0.25, 0.3) is 0 Å². The molecule has 0 fully saturated rings. The van der Waals surface area contributed by atoms with Crippen LogP contribution in [0.2, 0.25) is 4.13 Å². The van der Waals surface area contributed by atoms with Crippen molar-refractivity contribution in [3.8, 4) is 0 Å². The Morgan fingerprint density at radius 1 is 1.20 bits per heavy atom. The molecule has 0 atom stereocenters. The monoisotopic (exact) mass is 306 g/mol. The molecule has 1 aliphatic rings. The van der Waals surface area contributed by atoms with E-state index in [4.69, 9.17) is 0 Å². The van der Waals surface area contributed by atoms with Crippen molar-refractivity contribution in [2.24, 2.45) is 0 Å². The summed E-state index contributed by atoms with van der Waals surface area (Å²) in [5, 5.41) is 0. The van der Waals surface area contributed by atoms with E-state index in [9.17, 15) is 0 Å². The maximum absolute atomic E-state index is 2.44. The van der Waals surface area contributed by atoms with Crippen molar-refractivity contribution in [2.45, 2.75) is 44.2 Å². The van der Waals surface area contributed by atoms with Gasteiger partial charge in [0.25, 0.3) is 0 Å². The van der Waals surface area contributed by atoms with Gasteiger partial charge >= 0.3 is 83.0 Å². The Morgan fingerprint density at radius 2 is 1.73 bits per heavy atom. The molecule has 0 spiro atoms. The van der Waals surface area contributed by atoms with E-state index in [0.717, 1.165) is 0 Å². The van der Waals surface area contributed by atoms with E-state index in [1.807, 2.05) is 0 Å². The summed E-state index contributed by atoms with van der Waals surface area (Å²) in [5.74, 6) is 0. The molecule has 0 saturated heterocycles. The first-order valence-electron chi connectivity index (χ1n) is 4.79. The molecule has 0 aromatic carbocycles. The van der Waals surface area contributed by atoms with Gasteiger partial charge in [-0.3, -0.25) is 0 Å². The molecule has 4 heteroatoms. The minimum Gasteiger partial charge on any atom is -1.00 e. The van der Waals surface area contributed by atoms with E-state index in [2.05, 4.69) is 39.0 Å². The van der Waals surface area contributed by atoms with E-state index in [-0.39, 0.29) is 37.2 Å². The second-order valence-electron chi connectivity index (χ2n) is 3.61. The first kappa shape index (κ1) is 21.2. The second-order valence-corrected chi connectivity index (χ2v) is 6.54. The van der Waals surface area contributed by atoms with E-state index in [1.165, 1.54) is 19.3 Å². The third-order valence-electron chi connectivity index (χ3n) is 2.69. The third-order valence-corrected chi connectivity index (χ3v) is 5.49. The molecule has 1 aliphatic carbocycles. The van der Waals surface area contributed by atoms with Gasteiger partial charge in [0.05, 0.1) is 0 Å². The predicted octanol–water partition coefficient (Wildman–Crippen LogP) is -5.08. The zero-order valence-electron chi connectivity index (χ0n) is 9.43. The molecule has 0 amide bonds. The third kappa shape index (κ3) is 6.97. The summed E-state index contributed by atoms with van der Waals surface area (Å²) >= 11 is 0.420. The van der Waals surface area contributed by atoms with Gasteiger partial charge in [-0.25, -0.2) is 0 Å². The Bertz CT molecular complexity index is 208. The van der Waals surface area contributed by atoms with Crippen LogP contribution in [0.15, 0.2) is 22.5 Å². The fraction of sp³-hybridized carbons (Fsp3) is 0.636. The average molecular weight is 308 g/mol. The van der Waals surface area contributed by atoms with Crippen LogP contribution in [0.5, 0.6) is 0 Å². The van der Waals surface area contributed by atoms with E-state index >= 15 is 0 Å². The Morgan fingerprint density at radius 3 is 2.07 bits per heavy atom. The van der Waals surface area contributed by atoms with Crippen LogP contribution in [-0.4, -0.2) is 0 Å². The molecule has 0 aliphatic heterocycles. The summed E-state index contributed by atoms with van der Waals surface area (Å²) in [4.78, 5) is 0. The molecule has 0 aromatic heterocycles. The van der Waals surface area contributed by atoms with Crippen LogP contribution in [0.1, 0.15) is 40.0 Å². The van der Waals surface area contributed by atoms with Gasteiger partial charge in [0, 0.05) is 0 Å². The molecule has 0 bridgehead atoms. The van der Waals surface area contributed by atoms with Gasteiger partial charge in [0.1, 0.15) is 0 Å². The minimum absolute atomic E-state index is 0. The van der Waals surface area contributed by atoms with Crippen molar-refractivity contribution >= 4 is 0 Å². The van der Waals surface area contributed by atoms with Gasteiger partial charge in [-0.1, -0.05) is 0 Å². The quantitative estimate of drug-likeness (QED) is 0.488. The minimum atomic E-state index is 0. The van der Waals surface area contributed by atoms with Crippen LogP contribution in [0.3, 0.4) is 0 Å². The Labute approximate surface area is 120 Å². The Kier molecular flexibility index (Phi) is 14.3. The molecular formula is C11H18Cl3V. The van der Waals surface area contributed by atoms with Gasteiger partial charge in [-0.2, -0.15) is 0 Å². The Hall–Kier alpha value is 0.934. The first-order chi connectivity index (χ1) is 5.70. The van der Waals surface area contributed by atoms with Crippen molar-refractivity contribution < 1.29 is 53.5 Å². The topological polar surface area (TPSA) is 0 Å². The maximum atomic E-state index is 2.44. The molecule has 0 heterocycles. The summed E-state index contributed by atoms with van der Waals surface area (Å²) in [7, 11) is 0. The summed E-state index contributed by atoms with van der Waals surface area (Å²) in [5.41, 5.74) is 0. The molecule has 0 N–H and O–H groups in total.